The molecule has 0 spiro atoms. The van der Waals surface area contributed by atoms with E-state index >= 15 is 0 Å². The first-order valence-electron chi connectivity index (χ1n) is 8.27. The van der Waals surface area contributed by atoms with E-state index < -0.39 is 10.0 Å². The van der Waals surface area contributed by atoms with Gasteiger partial charge in [0.1, 0.15) is 4.90 Å². The number of hydrogen-bond donors (Lipinski definition) is 1. The average molecular weight is 398 g/mol. The molecule has 0 radical (unpaired) electrons. The predicted molar refractivity (Wildman–Crippen MR) is 97.7 cm³/mol. The van der Waals surface area contributed by atoms with E-state index in [0.29, 0.717) is 39.3 Å². The first-order valence-corrected chi connectivity index (χ1v) is 10.1. The van der Waals surface area contributed by atoms with Crippen LogP contribution < -0.4 is 5.32 Å². The maximum absolute atomic E-state index is 12.7. The molecule has 0 atom stereocenters. The van der Waals surface area contributed by atoms with Crippen molar-refractivity contribution < 1.29 is 17.6 Å². The van der Waals surface area contributed by atoms with Gasteiger partial charge in [-0.2, -0.15) is 4.31 Å². The fourth-order valence-electron chi connectivity index (χ4n) is 2.81. The van der Waals surface area contributed by atoms with Gasteiger partial charge < -0.3 is 9.73 Å². The first kappa shape index (κ1) is 18.9. The minimum Gasteiger partial charge on any atom is -0.459 e. The molecule has 3 rings (SSSR count). The summed E-state index contributed by atoms with van der Waals surface area (Å²) in [6, 6.07) is 9.73. The minimum absolute atomic E-state index is 0.140. The Kier molecular flexibility index (Phi) is 5.98. The van der Waals surface area contributed by atoms with E-state index in [4.69, 9.17) is 16.0 Å². The van der Waals surface area contributed by atoms with E-state index in [0.717, 1.165) is 0 Å². The lowest BCUT2D eigenvalue weighted by Gasteiger charge is -2.34. The number of piperazine rings is 1. The maximum Gasteiger partial charge on any atom is 0.287 e. The first-order chi connectivity index (χ1) is 12.5. The molecule has 1 aliphatic rings. The van der Waals surface area contributed by atoms with Crippen molar-refractivity contribution in [3.8, 4) is 0 Å². The fourth-order valence-corrected chi connectivity index (χ4v) is 4.72. The third kappa shape index (κ3) is 4.27. The number of nitrogens with one attached hydrogen (secondary N) is 1. The Hall–Kier alpha value is -1.87. The summed E-state index contributed by atoms with van der Waals surface area (Å²) in [5.74, 6) is 0.0237. The molecule has 1 fully saturated rings. The van der Waals surface area contributed by atoms with Crippen LogP contribution in [-0.4, -0.2) is 62.8 Å². The van der Waals surface area contributed by atoms with Gasteiger partial charge in [-0.1, -0.05) is 23.7 Å². The van der Waals surface area contributed by atoms with Gasteiger partial charge in [-0.3, -0.25) is 9.69 Å². The lowest BCUT2D eigenvalue weighted by atomic mass is 10.3. The number of hydrogen-bond acceptors (Lipinski definition) is 5. The van der Waals surface area contributed by atoms with Crippen LogP contribution in [0.15, 0.2) is 52.0 Å². The Bertz CT molecular complexity index is 847. The zero-order valence-corrected chi connectivity index (χ0v) is 15.7. The topological polar surface area (TPSA) is 82.9 Å². The van der Waals surface area contributed by atoms with Crippen molar-refractivity contribution in [3.63, 3.8) is 0 Å². The zero-order valence-electron chi connectivity index (χ0n) is 14.1. The Balaban J connectivity index is 1.48. The lowest BCUT2D eigenvalue weighted by Crippen LogP contribution is -2.50. The molecule has 1 aromatic heterocycles. The van der Waals surface area contributed by atoms with Crippen molar-refractivity contribution >= 4 is 27.5 Å². The highest BCUT2D eigenvalue weighted by Crippen LogP contribution is 2.24. The Morgan fingerprint density at radius 1 is 1.12 bits per heavy atom. The molecule has 9 heteroatoms. The highest BCUT2D eigenvalue weighted by Gasteiger charge is 2.29. The number of carbonyl (C=O) groups excluding carboxylic acids is 1. The molecule has 1 N–H and O–H groups in total. The molecule has 140 valence electrons. The predicted octanol–water partition coefficient (Wildman–Crippen LogP) is 1.67. The molecule has 0 bridgehead atoms. The van der Waals surface area contributed by atoms with Crippen LogP contribution in [0.3, 0.4) is 0 Å². The van der Waals surface area contributed by atoms with Crippen molar-refractivity contribution in [3.05, 3.63) is 53.4 Å². The summed E-state index contributed by atoms with van der Waals surface area (Å²) >= 11 is 6.03. The number of furan rings is 1. The number of amides is 1. The largest absolute Gasteiger partial charge is 0.459 e. The molecule has 1 saturated heterocycles. The second-order valence-corrected chi connectivity index (χ2v) is 8.22. The summed E-state index contributed by atoms with van der Waals surface area (Å²) in [6.07, 6.45) is 1.45. The van der Waals surface area contributed by atoms with E-state index in [1.54, 1.807) is 30.3 Å². The summed E-state index contributed by atoms with van der Waals surface area (Å²) in [4.78, 5) is 14.0. The standard InChI is InChI=1S/C17H20ClN3O4S/c18-14-4-1-2-6-16(14)26(23,24)21-11-9-20(10-12-21)8-7-19-17(22)15-5-3-13-25-15/h1-6,13H,7-12H2,(H,19,22). The third-order valence-electron chi connectivity index (χ3n) is 4.24. The van der Waals surface area contributed by atoms with Crippen LogP contribution in [0.4, 0.5) is 0 Å². The second kappa shape index (κ2) is 8.22. The van der Waals surface area contributed by atoms with E-state index in [-0.39, 0.29) is 21.6 Å². The van der Waals surface area contributed by atoms with Crippen molar-refractivity contribution in [2.24, 2.45) is 0 Å². The van der Waals surface area contributed by atoms with Gasteiger partial charge in [0.25, 0.3) is 5.91 Å². The second-order valence-electron chi connectivity index (χ2n) is 5.91. The molecule has 1 aromatic carbocycles. The molecule has 0 aliphatic carbocycles. The molecule has 26 heavy (non-hydrogen) atoms. The van der Waals surface area contributed by atoms with Crippen LogP contribution in [0.2, 0.25) is 5.02 Å². The summed E-state index contributed by atoms with van der Waals surface area (Å²) in [7, 11) is -3.59. The van der Waals surface area contributed by atoms with Crippen LogP contribution in [0.25, 0.3) is 0 Å². The average Bonchev–Trinajstić information content (AvgIpc) is 3.17. The minimum atomic E-state index is -3.59. The quantitative estimate of drug-likeness (QED) is 0.801. The summed E-state index contributed by atoms with van der Waals surface area (Å²) in [5, 5.41) is 3.02. The van der Waals surface area contributed by atoms with Crippen LogP contribution >= 0.6 is 11.6 Å². The number of carbonyl (C=O) groups is 1. The molecule has 1 aliphatic heterocycles. The highest BCUT2D eigenvalue weighted by atomic mass is 35.5. The normalized spacial score (nSPS) is 16.5. The molecule has 1 amide bonds. The Labute approximate surface area is 157 Å². The molecule has 0 unspecified atom stereocenters. The van der Waals surface area contributed by atoms with Crippen molar-refractivity contribution in [2.45, 2.75) is 4.90 Å². The van der Waals surface area contributed by atoms with Gasteiger partial charge in [-0.25, -0.2) is 8.42 Å². The van der Waals surface area contributed by atoms with Gasteiger partial charge in [-0.15, -0.1) is 0 Å². The van der Waals surface area contributed by atoms with Gasteiger partial charge in [0.2, 0.25) is 10.0 Å². The molecular weight excluding hydrogens is 378 g/mol. The molecule has 2 aromatic rings. The maximum atomic E-state index is 12.7. The van der Waals surface area contributed by atoms with E-state index in [9.17, 15) is 13.2 Å². The van der Waals surface area contributed by atoms with E-state index in [2.05, 4.69) is 10.2 Å². The van der Waals surface area contributed by atoms with Gasteiger partial charge >= 0.3 is 0 Å². The third-order valence-corrected chi connectivity index (χ3v) is 6.64. The van der Waals surface area contributed by atoms with Crippen LogP contribution in [0.5, 0.6) is 0 Å². The molecule has 7 nitrogen and oxygen atoms in total. The SMILES string of the molecule is O=C(NCCN1CCN(S(=O)(=O)c2ccccc2Cl)CC1)c1ccco1. The van der Waals surface area contributed by atoms with Crippen LogP contribution in [0, 0.1) is 0 Å². The van der Waals surface area contributed by atoms with Gasteiger partial charge in [-0.05, 0) is 24.3 Å². The van der Waals surface area contributed by atoms with Gasteiger partial charge in [0, 0.05) is 39.3 Å². The summed E-state index contributed by atoms with van der Waals surface area (Å²) in [6.45, 7) is 3.09. The molecule has 0 saturated carbocycles. The van der Waals surface area contributed by atoms with Crippen LogP contribution in [-0.2, 0) is 10.0 Å². The molecule has 2 heterocycles. The monoisotopic (exact) mass is 397 g/mol. The highest BCUT2D eigenvalue weighted by molar-refractivity contribution is 7.89. The van der Waals surface area contributed by atoms with Crippen molar-refractivity contribution in [2.75, 3.05) is 39.3 Å². The Morgan fingerprint density at radius 3 is 2.50 bits per heavy atom. The number of benzene rings is 1. The van der Waals surface area contributed by atoms with Crippen molar-refractivity contribution in [1.29, 1.82) is 0 Å². The van der Waals surface area contributed by atoms with Crippen molar-refractivity contribution in [1.82, 2.24) is 14.5 Å². The van der Waals surface area contributed by atoms with E-state index in [1.165, 1.54) is 16.6 Å². The van der Waals surface area contributed by atoms with Gasteiger partial charge in [0.05, 0.1) is 11.3 Å². The lowest BCUT2D eigenvalue weighted by molar-refractivity contribution is 0.0917. The van der Waals surface area contributed by atoms with E-state index in [1.807, 2.05) is 0 Å². The fraction of sp³-hybridized carbons (Fsp3) is 0.353. The van der Waals surface area contributed by atoms with Crippen LogP contribution in [0.1, 0.15) is 10.6 Å². The number of rotatable bonds is 6. The summed E-state index contributed by atoms with van der Waals surface area (Å²) < 4.78 is 31.9. The summed E-state index contributed by atoms with van der Waals surface area (Å²) in [5.41, 5.74) is 0. The number of halogens is 1. The zero-order chi connectivity index (χ0) is 18.6. The smallest absolute Gasteiger partial charge is 0.287 e. The molecular formula is C17H20ClN3O4S. The van der Waals surface area contributed by atoms with Gasteiger partial charge in [0.15, 0.2) is 5.76 Å². The number of nitrogens with zero attached hydrogens (tertiary/aromatic N) is 2. The Morgan fingerprint density at radius 2 is 1.85 bits per heavy atom. The number of sulfonamides is 1.